The Hall–Kier alpha value is -1.37. The van der Waals surface area contributed by atoms with E-state index < -0.39 is 0 Å². The Balaban J connectivity index is 1.63. The van der Waals surface area contributed by atoms with Crippen LogP contribution >= 0.6 is 0 Å². The number of fused-ring (bicyclic) bond motifs is 1. The van der Waals surface area contributed by atoms with E-state index in [2.05, 4.69) is 31.7 Å². The zero-order chi connectivity index (χ0) is 16.9. The maximum absolute atomic E-state index is 14.4. The molecule has 0 radical (unpaired) electrons. The smallest absolute Gasteiger partial charge is 0.126 e. The molecule has 1 aromatic carbocycles. The SMILES string of the molecule is C=CCCc1ccc(C2CC[C@@H]3C[C@H](C=CC)CC[C@@H]3C2)cc1F. The first-order valence-corrected chi connectivity index (χ1v) is 9.73. The molecule has 0 aliphatic heterocycles. The van der Waals surface area contributed by atoms with Crippen molar-refractivity contribution < 1.29 is 4.39 Å². The number of hydrogen-bond donors (Lipinski definition) is 0. The first-order valence-electron chi connectivity index (χ1n) is 9.73. The third-order valence-corrected chi connectivity index (χ3v) is 6.28. The predicted molar refractivity (Wildman–Crippen MR) is 101 cm³/mol. The number of halogens is 1. The highest BCUT2D eigenvalue weighted by Gasteiger charge is 2.35. The van der Waals surface area contributed by atoms with Gasteiger partial charge in [-0.25, -0.2) is 4.39 Å². The van der Waals surface area contributed by atoms with Crippen molar-refractivity contribution in [3.05, 3.63) is 60.0 Å². The molecule has 2 saturated carbocycles. The van der Waals surface area contributed by atoms with Gasteiger partial charge in [0.1, 0.15) is 5.82 Å². The Labute approximate surface area is 146 Å². The molecule has 2 aliphatic carbocycles. The molecule has 0 N–H and O–H groups in total. The summed E-state index contributed by atoms with van der Waals surface area (Å²) < 4.78 is 14.4. The largest absolute Gasteiger partial charge is 0.207 e. The molecule has 24 heavy (non-hydrogen) atoms. The van der Waals surface area contributed by atoms with Crippen LogP contribution in [-0.4, -0.2) is 0 Å². The Bertz CT molecular complexity index is 586. The van der Waals surface area contributed by atoms with Crippen LogP contribution in [0.4, 0.5) is 4.39 Å². The van der Waals surface area contributed by atoms with E-state index in [-0.39, 0.29) is 5.82 Å². The summed E-state index contributed by atoms with van der Waals surface area (Å²) in [5.41, 5.74) is 2.06. The summed E-state index contributed by atoms with van der Waals surface area (Å²) in [6, 6.07) is 6.00. The normalized spacial score (nSPS) is 30.2. The molecule has 0 nitrogen and oxygen atoms in total. The monoisotopic (exact) mass is 326 g/mol. The van der Waals surface area contributed by atoms with Crippen molar-refractivity contribution in [2.45, 2.75) is 64.2 Å². The minimum Gasteiger partial charge on any atom is -0.207 e. The zero-order valence-corrected chi connectivity index (χ0v) is 15.0. The molecule has 0 saturated heterocycles. The molecule has 1 unspecified atom stereocenters. The van der Waals surface area contributed by atoms with Crippen molar-refractivity contribution in [3.8, 4) is 0 Å². The van der Waals surface area contributed by atoms with E-state index in [1.807, 2.05) is 18.2 Å². The van der Waals surface area contributed by atoms with Crippen molar-refractivity contribution in [2.24, 2.45) is 17.8 Å². The first kappa shape index (κ1) is 17.5. The van der Waals surface area contributed by atoms with Crippen LogP contribution in [0.5, 0.6) is 0 Å². The van der Waals surface area contributed by atoms with Gasteiger partial charge >= 0.3 is 0 Å². The van der Waals surface area contributed by atoms with Gasteiger partial charge in [0.25, 0.3) is 0 Å². The summed E-state index contributed by atoms with van der Waals surface area (Å²) in [4.78, 5) is 0. The van der Waals surface area contributed by atoms with Crippen molar-refractivity contribution in [1.82, 2.24) is 0 Å². The van der Waals surface area contributed by atoms with Crippen LogP contribution in [0.2, 0.25) is 0 Å². The summed E-state index contributed by atoms with van der Waals surface area (Å²) >= 11 is 0. The summed E-state index contributed by atoms with van der Waals surface area (Å²) in [6.45, 7) is 5.86. The number of rotatable bonds is 5. The lowest BCUT2D eigenvalue weighted by Crippen LogP contribution is -2.30. The van der Waals surface area contributed by atoms with E-state index in [0.29, 0.717) is 5.92 Å². The fourth-order valence-electron chi connectivity index (χ4n) is 4.95. The fourth-order valence-corrected chi connectivity index (χ4v) is 4.95. The van der Waals surface area contributed by atoms with Gasteiger partial charge in [0.2, 0.25) is 0 Å². The van der Waals surface area contributed by atoms with Crippen molar-refractivity contribution in [2.75, 3.05) is 0 Å². The summed E-state index contributed by atoms with van der Waals surface area (Å²) in [5, 5.41) is 0. The topological polar surface area (TPSA) is 0 Å². The molecule has 1 aromatic rings. The van der Waals surface area contributed by atoms with Crippen molar-refractivity contribution in [3.63, 3.8) is 0 Å². The molecule has 0 heterocycles. The zero-order valence-electron chi connectivity index (χ0n) is 15.0. The van der Waals surface area contributed by atoms with Gasteiger partial charge in [-0.1, -0.05) is 30.4 Å². The molecule has 2 aliphatic rings. The molecule has 0 spiro atoms. The second kappa shape index (κ2) is 8.14. The van der Waals surface area contributed by atoms with Crippen LogP contribution in [0.15, 0.2) is 43.0 Å². The predicted octanol–water partition coefficient (Wildman–Crippen LogP) is 6.82. The van der Waals surface area contributed by atoms with Crippen LogP contribution in [0.1, 0.15) is 68.9 Å². The van der Waals surface area contributed by atoms with Crippen molar-refractivity contribution >= 4 is 0 Å². The number of aryl methyl sites for hydroxylation is 1. The van der Waals surface area contributed by atoms with Gasteiger partial charge in [0.15, 0.2) is 0 Å². The molecule has 2 fully saturated rings. The number of allylic oxidation sites excluding steroid dienone is 3. The van der Waals surface area contributed by atoms with Crippen LogP contribution in [0.25, 0.3) is 0 Å². The Morgan fingerprint density at radius 2 is 1.92 bits per heavy atom. The minimum atomic E-state index is -0.0201. The van der Waals surface area contributed by atoms with Crippen LogP contribution in [0, 0.1) is 23.6 Å². The Kier molecular flexibility index (Phi) is 5.92. The van der Waals surface area contributed by atoms with Gasteiger partial charge < -0.3 is 0 Å². The lowest BCUT2D eigenvalue weighted by molar-refractivity contribution is 0.133. The minimum absolute atomic E-state index is 0.0201. The molecule has 0 bridgehead atoms. The maximum atomic E-state index is 14.4. The van der Waals surface area contributed by atoms with Gasteiger partial charge in [-0.15, -0.1) is 6.58 Å². The van der Waals surface area contributed by atoms with E-state index in [4.69, 9.17) is 0 Å². The molecule has 0 aromatic heterocycles. The standard InChI is InChI=1S/C23H31F/c1-3-5-7-18-10-11-22(16-23(18)24)21-13-12-19-14-17(6-4-2)8-9-20(19)15-21/h3-4,6,10-11,16-17,19-21H,1,5,7-9,12-15H2,2H3/t17-,19-,20-,21?/m1/s1. The average Bonchev–Trinajstić information content (AvgIpc) is 2.60. The quantitative estimate of drug-likeness (QED) is 0.521. The second-order valence-electron chi connectivity index (χ2n) is 7.81. The van der Waals surface area contributed by atoms with Crippen molar-refractivity contribution in [1.29, 1.82) is 0 Å². The number of benzene rings is 1. The highest BCUT2D eigenvalue weighted by Crippen LogP contribution is 2.47. The summed E-state index contributed by atoms with van der Waals surface area (Å²) in [7, 11) is 0. The maximum Gasteiger partial charge on any atom is 0.126 e. The Morgan fingerprint density at radius 3 is 2.67 bits per heavy atom. The van der Waals surface area contributed by atoms with Gasteiger partial charge in [-0.05, 0) is 99.2 Å². The van der Waals surface area contributed by atoms with Crippen LogP contribution < -0.4 is 0 Å². The molecular formula is C23H31F. The van der Waals surface area contributed by atoms with Gasteiger partial charge in [-0.2, -0.15) is 0 Å². The van der Waals surface area contributed by atoms with Crippen LogP contribution in [-0.2, 0) is 6.42 Å². The second-order valence-corrected chi connectivity index (χ2v) is 7.81. The molecule has 4 atom stereocenters. The highest BCUT2D eigenvalue weighted by molar-refractivity contribution is 5.28. The van der Waals surface area contributed by atoms with Gasteiger partial charge in [-0.3, -0.25) is 0 Å². The average molecular weight is 326 g/mol. The van der Waals surface area contributed by atoms with E-state index in [0.717, 1.165) is 36.2 Å². The van der Waals surface area contributed by atoms with E-state index in [1.165, 1.54) is 44.1 Å². The van der Waals surface area contributed by atoms with Gasteiger partial charge in [0, 0.05) is 0 Å². The lowest BCUT2D eigenvalue weighted by Gasteiger charge is -2.41. The first-order chi connectivity index (χ1) is 11.7. The highest BCUT2D eigenvalue weighted by atomic mass is 19.1. The fraction of sp³-hybridized carbons (Fsp3) is 0.565. The lowest BCUT2D eigenvalue weighted by atomic mass is 9.64. The molecule has 3 rings (SSSR count). The molecule has 130 valence electrons. The van der Waals surface area contributed by atoms with E-state index >= 15 is 0 Å². The molecular weight excluding hydrogens is 295 g/mol. The van der Waals surface area contributed by atoms with E-state index in [1.54, 1.807) is 0 Å². The summed E-state index contributed by atoms with van der Waals surface area (Å²) in [6.07, 6.45) is 16.0. The van der Waals surface area contributed by atoms with Gasteiger partial charge in [0.05, 0.1) is 0 Å². The van der Waals surface area contributed by atoms with E-state index in [9.17, 15) is 4.39 Å². The molecule has 0 amide bonds. The molecule has 1 heteroatoms. The Morgan fingerprint density at radius 1 is 1.12 bits per heavy atom. The third kappa shape index (κ3) is 3.99. The number of hydrogen-bond acceptors (Lipinski definition) is 0. The van der Waals surface area contributed by atoms with Crippen LogP contribution in [0.3, 0.4) is 0 Å². The third-order valence-electron chi connectivity index (χ3n) is 6.28. The summed E-state index contributed by atoms with van der Waals surface area (Å²) in [5.74, 6) is 3.09.